The van der Waals surface area contributed by atoms with E-state index in [0.29, 0.717) is 5.56 Å². The molecule has 0 amide bonds. The molecule has 0 aliphatic heterocycles. The lowest BCUT2D eigenvalue weighted by Crippen LogP contribution is -2.20. The Hall–Kier alpha value is -2.34. The number of halogens is 3. The maximum atomic E-state index is 12.7. The van der Waals surface area contributed by atoms with Crippen molar-refractivity contribution in [3.8, 4) is 0 Å². The van der Waals surface area contributed by atoms with E-state index in [1.165, 1.54) is 12.1 Å². The van der Waals surface area contributed by atoms with Gasteiger partial charge in [-0.25, -0.2) is 4.99 Å². The molecule has 0 heterocycles. The molecular weight excluding hydrogens is 305 g/mol. The molecule has 0 saturated carbocycles. The number of alkyl halides is 3. The molecule has 23 heavy (non-hydrogen) atoms. The summed E-state index contributed by atoms with van der Waals surface area (Å²) in [6.45, 7) is 3.97. The van der Waals surface area contributed by atoms with Crippen LogP contribution in [0.4, 0.5) is 18.9 Å². The van der Waals surface area contributed by atoms with Gasteiger partial charge in [0.1, 0.15) is 0 Å². The van der Waals surface area contributed by atoms with Gasteiger partial charge in [0, 0.05) is 5.56 Å². The summed E-state index contributed by atoms with van der Waals surface area (Å²) in [4.78, 5) is 4.08. The van der Waals surface area contributed by atoms with Crippen LogP contribution in [0.25, 0.3) is 0 Å². The van der Waals surface area contributed by atoms with E-state index in [4.69, 9.17) is 0 Å². The van der Waals surface area contributed by atoms with Crippen LogP contribution in [0.1, 0.15) is 29.2 Å². The molecule has 0 aromatic heterocycles. The van der Waals surface area contributed by atoms with Crippen LogP contribution in [0.2, 0.25) is 0 Å². The fourth-order valence-electron chi connectivity index (χ4n) is 2.23. The minimum absolute atomic E-state index is 0.0963. The van der Waals surface area contributed by atoms with E-state index in [2.05, 4.69) is 4.99 Å². The molecule has 0 bridgehead atoms. The van der Waals surface area contributed by atoms with Gasteiger partial charge in [-0.1, -0.05) is 25.1 Å². The number of hydroxylamine groups is 1. The number of amidine groups is 1. The molecular formula is C17H17F3N2O. The standard InChI is InChI=1S/C17H17F3N2O/c1-3-12-9-13(8-7-11(12)2)16(22-23)21-15-6-4-5-14(10-15)17(18,19)20/h4-10,23H,3H2,1-2H3,(H,21,22). The first-order chi connectivity index (χ1) is 10.8. The topological polar surface area (TPSA) is 44.6 Å². The van der Waals surface area contributed by atoms with E-state index in [1.807, 2.05) is 31.5 Å². The molecule has 0 aliphatic carbocycles. The monoisotopic (exact) mass is 322 g/mol. The highest BCUT2D eigenvalue weighted by Gasteiger charge is 2.30. The third kappa shape index (κ3) is 4.10. The van der Waals surface area contributed by atoms with Crippen molar-refractivity contribution in [2.75, 3.05) is 0 Å². The minimum atomic E-state index is -4.43. The smallest absolute Gasteiger partial charge is 0.290 e. The molecule has 2 aromatic carbocycles. The summed E-state index contributed by atoms with van der Waals surface area (Å²) in [6.07, 6.45) is -3.63. The van der Waals surface area contributed by atoms with Gasteiger partial charge in [0.05, 0.1) is 11.3 Å². The van der Waals surface area contributed by atoms with Crippen molar-refractivity contribution in [1.82, 2.24) is 5.48 Å². The van der Waals surface area contributed by atoms with Crippen LogP contribution < -0.4 is 5.48 Å². The third-order valence-electron chi connectivity index (χ3n) is 3.52. The van der Waals surface area contributed by atoms with E-state index < -0.39 is 11.7 Å². The Morgan fingerprint density at radius 1 is 1.17 bits per heavy atom. The Morgan fingerprint density at radius 3 is 2.52 bits per heavy atom. The van der Waals surface area contributed by atoms with Crippen molar-refractivity contribution in [3.05, 3.63) is 64.7 Å². The van der Waals surface area contributed by atoms with Crippen LogP contribution >= 0.6 is 0 Å². The third-order valence-corrected chi connectivity index (χ3v) is 3.52. The number of aliphatic imine (C=N–C) groups is 1. The number of nitrogens with zero attached hydrogens (tertiary/aromatic N) is 1. The van der Waals surface area contributed by atoms with E-state index in [9.17, 15) is 18.4 Å². The molecule has 122 valence electrons. The fourth-order valence-corrected chi connectivity index (χ4v) is 2.23. The first kappa shape index (κ1) is 17.0. The first-order valence-corrected chi connectivity index (χ1v) is 7.11. The quantitative estimate of drug-likeness (QED) is 0.491. The lowest BCUT2D eigenvalue weighted by molar-refractivity contribution is -0.137. The van der Waals surface area contributed by atoms with Crippen molar-refractivity contribution in [2.24, 2.45) is 4.99 Å². The lowest BCUT2D eigenvalue weighted by Gasteiger charge is -2.10. The summed E-state index contributed by atoms with van der Waals surface area (Å²) in [6, 6.07) is 10.1. The zero-order chi connectivity index (χ0) is 17.0. The highest BCUT2D eigenvalue weighted by atomic mass is 19.4. The second-order valence-electron chi connectivity index (χ2n) is 5.12. The van der Waals surface area contributed by atoms with Crippen LogP contribution in [-0.4, -0.2) is 11.0 Å². The van der Waals surface area contributed by atoms with Crippen LogP contribution in [0.15, 0.2) is 47.5 Å². The van der Waals surface area contributed by atoms with Gasteiger partial charge in [-0.05, 0) is 48.7 Å². The predicted molar refractivity (Wildman–Crippen MR) is 83.1 cm³/mol. The average molecular weight is 322 g/mol. The van der Waals surface area contributed by atoms with Gasteiger partial charge in [0.25, 0.3) is 0 Å². The maximum Gasteiger partial charge on any atom is 0.416 e. The molecule has 0 atom stereocenters. The van der Waals surface area contributed by atoms with Gasteiger partial charge in [-0.2, -0.15) is 13.2 Å². The summed E-state index contributed by atoms with van der Waals surface area (Å²) in [5, 5.41) is 9.30. The SMILES string of the molecule is CCc1cc(C(=Nc2cccc(C(F)(F)F)c2)NO)ccc1C. The molecule has 0 aliphatic rings. The van der Waals surface area contributed by atoms with E-state index in [0.717, 1.165) is 29.7 Å². The molecule has 2 aromatic rings. The minimum Gasteiger partial charge on any atom is -0.290 e. The molecule has 0 unspecified atom stereocenters. The van der Waals surface area contributed by atoms with Gasteiger partial charge in [0.15, 0.2) is 5.84 Å². The highest BCUT2D eigenvalue weighted by Crippen LogP contribution is 2.31. The Kier molecular flexibility index (Phi) is 5.05. The van der Waals surface area contributed by atoms with Crippen molar-refractivity contribution < 1.29 is 18.4 Å². The number of hydrogen-bond acceptors (Lipinski definition) is 2. The second kappa shape index (κ2) is 6.83. The van der Waals surface area contributed by atoms with Gasteiger partial charge in [0.2, 0.25) is 0 Å². The summed E-state index contributed by atoms with van der Waals surface area (Å²) in [5.74, 6) is 0.0963. The summed E-state index contributed by atoms with van der Waals surface area (Å²) < 4.78 is 38.2. The zero-order valence-corrected chi connectivity index (χ0v) is 12.8. The van der Waals surface area contributed by atoms with Crippen LogP contribution in [0.5, 0.6) is 0 Å². The molecule has 0 spiro atoms. The maximum absolute atomic E-state index is 12.7. The molecule has 3 nitrogen and oxygen atoms in total. The molecule has 0 fully saturated rings. The molecule has 2 N–H and O–H groups in total. The molecule has 2 rings (SSSR count). The average Bonchev–Trinajstić information content (AvgIpc) is 2.53. The van der Waals surface area contributed by atoms with Gasteiger partial charge in [-0.15, -0.1) is 0 Å². The number of hydrogen-bond donors (Lipinski definition) is 2. The number of nitrogens with one attached hydrogen (secondary N) is 1. The zero-order valence-electron chi connectivity index (χ0n) is 12.8. The van der Waals surface area contributed by atoms with Gasteiger partial charge in [-0.3, -0.25) is 10.7 Å². The van der Waals surface area contributed by atoms with E-state index in [-0.39, 0.29) is 11.5 Å². The Bertz CT molecular complexity index is 724. The van der Waals surface area contributed by atoms with Gasteiger partial charge >= 0.3 is 6.18 Å². The fraction of sp³-hybridized carbons (Fsp3) is 0.235. The van der Waals surface area contributed by atoms with Crippen molar-refractivity contribution in [3.63, 3.8) is 0 Å². The number of benzene rings is 2. The van der Waals surface area contributed by atoms with Gasteiger partial charge < -0.3 is 0 Å². The number of aryl methyl sites for hydroxylation is 2. The Morgan fingerprint density at radius 2 is 1.91 bits per heavy atom. The van der Waals surface area contributed by atoms with Crippen LogP contribution in [0.3, 0.4) is 0 Å². The largest absolute Gasteiger partial charge is 0.416 e. The number of rotatable bonds is 3. The molecule has 6 heteroatoms. The van der Waals surface area contributed by atoms with Crippen molar-refractivity contribution >= 4 is 11.5 Å². The molecule has 0 radical (unpaired) electrons. The second-order valence-corrected chi connectivity index (χ2v) is 5.12. The Balaban J connectivity index is 2.43. The first-order valence-electron chi connectivity index (χ1n) is 7.11. The summed E-state index contributed by atoms with van der Waals surface area (Å²) in [7, 11) is 0. The highest BCUT2D eigenvalue weighted by molar-refractivity contribution is 5.99. The summed E-state index contributed by atoms with van der Waals surface area (Å²) in [5.41, 5.74) is 4.07. The van der Waals surface area contributed by atoms with Crippen molar-refractivity contribution in [2.45, 2.75) is 26.4 Å². The normalized spacial score (nSPS) is 12.3. The van der Waals surface area contributed by atoms with Crippen molar-refractivity contribution in [1.29, 1.82) is 0 Å². The summed E-state index contributed by atoms with van der Waals surface area (Å²) >= 11 is 0. The van der Waals surface area contributed by atoms with Crippen LogP contribution in [-0.2, 0) is 12.6 Å². The van der Waals surface area contributed by atoms with Crippen LogP contribution in [0, 0.1) is 6.92 Å². The van der Waals surface area contributed by atoms with E-state index >= 15 is 0 Å². The molecule has 0 saturated heterocycles. The lowest BCUT2D eigenvalue weighted by atomic mass is 10.0. The van der Waals surface area contributed by atoms with E-state index in [1.54, 1.807) is 6.07 Å². The Labute approximate surface area is 132 Å². The predicted octanol–water partition coefficient (Wildman–Crippen LogP) is 4.63.